The topological polar surface area (TPSA) is 72.0 Å². The Morgan fingerprint density at radius 1 is 1.20 bits per heavy atom. The molecule has 0 saturated heterocycles. The van der Waals surface area contributed by atoms with Crippen molar-refractivity contribution in [2.45, 2.75) is 46.1 Å². The number of ether oxygens (including phenoxy) is 1. The lowest BCUT2D eigenvalue weighted by atomic mass is 10.1. The average Bonchev–Trinajstić information content (AvgIpc) is 2.81. The van der Waals surface area contributed by atoms with E-state index in [1.54, 1.807) is 7.05 Å². The Morgan fingerprint density at radius 3 is 2.55 bits per heavy atom. The van der Waals surface area contributed by atoms with Crippen molar-refractivity contribution in [3.8, 4) is 6.01 Å². The van der Waals surface area contributed by atoms with Gasteiger partial charge in [0.2, 0.25) is 11.9 Å². The molecular weight excluding hydrogens is 254 g/mol. The monoisotopic (exact) mass is 279 g/mol. The number of hydrogen-bond donors (Lipinski definition) is 2. The van der Waals surface area contributed by atoms with Crippen molar-refractivity contribution in [1.82, 2.24) is 15.0 Å². The largest absolute Gasteiger partial charge is 0.461 e. The molecule has 0 spiro atoms. The van der Waals surface area contributed by atoms with E-state index < -0.39 is 0 Å². The molecular formula is C14H25N5O. The molecule has 1 fully saturated rings. The van der Waals surface area contributed by atoms with Gasteiger partial charge in [0.25, 0.3) is 0 Å². The van der Waals surface area contributed by atoms with E-state index in [4.69, 9.17) is 4.74 Å². The van der Waals surface area contributed by atoms with E-state index in [9.17, 15) is 0 Å². The molecule has 0 aromatic carbocycles. The van der Waals surface area contributed by atoms with Crippen LogP contribution in [0, 0.1) is 11.8 Å². The Hall–Kier alpha value is -1.59. The van der Waals surface area contributed by atoms with Crippen molar-refractivity contribution in [1.29, 1.82) is 0 Å². The molecule has 6 heteroatoms. The Labute approximate surface area is 120 Å². The Balaban J connectivity index is 1.98. The van der Waals surface area contributed by atoms with Gasteiger partial charge in [-0.15, -0.1) is 0 Å². The molecule has 1 aliphatic carbocycles. The fourth-order valence-electron chi connectivity index (χ4n) is 2.56. The van der Waals surface area contributed by atoms with Crippen LogP contribution in [0.15, 0.2) is 0 Å². The van der Waals surface area contributed by atoms with Gasteiger partial charge in [-0.1, -0.05) is 13.3 Å². The highest BCUT2D eigenvalue weighted by Gasteiger charge is 2.21. The molecule has 1 aliphatic rings. The minimum atomic E-state index is 0.0469. The van der Waals surface area contributed by atoms with Crippen LogP contribution in [0.1, 0.15) is 40.0 Å². The van der Waals surface area contributed by atoms with E-state index in [1.807, 2.05) is 13.8 Å². The predicted molar refractivity (Wildman–Crippen MR) is 80.1 cm³/mol. The zero-order chi connectivity index (χ0) is 14.5. The van der Waals surface area contributed by atoms with E-state index in [2.05, 4.69) is 32.5 Å². The summed E-state index contributed by atoms with van der Waals surface area (Å²) in [6.45, 7) is 7.14. The van der Waals surface area contributed by atoms with Crippen molar-refractivity contribution < 1.29 is 4.74 Å². The maximum atomic E-state index is 5.54. The summed E-state index contributed by atoms with van der Waals surface area (Å²) in [5.74, 6) is 2.67. The van der Waals surface area contributed by atoms with Crippen LogP contribution >= 0.6 is 0 Å². The van der Waals surface area contributed by atoms with Crippen LogP contribution < -0.4 is 15.4 Å². The average molecular weight is 279 g/mol. The molecule has 20 heavy (non-hydrogen) atoms. The van der Waals surface area contributed by atoms with Gasteiger partial charge in [0.15, 0.2) is 0 Å². The smallest absolute Gasteiger partial charge is 0.323 e. The number of nitrogens with zero attached hydrogens (tertiary/aromatic N) is 3. The highest BCUT2D eigenvalue weighted by atomic mass is 16.5. The van der Waals surface area contributed by atoms with E-state index >= 15 is 0 Å². The second-order valence-corrected chi connectivity index (χ2v) is 5.85. The lowest BCUT2D eigenvalue weighted by Crippen LogP contribution is -2.16. The molecule has 2 atom stereocenters. The third-order valence-corrected chi connectivity index (χ3v) is 3.53. The summed E-state index contributed by atoms with van der Waals surface area (Å²) in [5, 5.41) is 6.25. The summed E-state index contributed by atoms with van der Waals surface area (Å²) in [6.07, 6.45) is 3.94. The standard InChI is InChI=1S/C14H25N5O/c1-9(2)20-14-18-12(15-4)17-13(19-14)16-8-11-6-5-10(3)7-11/h9-11H,5-8H2,1-4H3,(H2,15,16,17,18,19). The predicted octanol–water partition coefficient (Wildman–Crippen LogP) is 2.55. The van der Waals surface area contributed by atoms with Crippen LogP contribution in [-0.2, 0) is 0 Å². The summed E-state index contributed by atoms with van der Waals surface area (Å²) in [7, 11) is 1.79. The van der Waals surface area contributed by atoms with Crippen molar-refractivity contribution in [2.75, 3.05) is 24.2 Å². The SMILES string of the molecule is CNc1nc(NCC2CCC(C)C2)nc(OC(C)C)n1. The Morgan fingerprint density at radius 2 is 1.95 bits per heavy atom. The summed E-state index contributed by atoms with van der Waals surface area (Å²) >= 11 is 0. The second kappa shape index (κ2) is 6.72. The number of anilines is 2. The van der Waals surface area contributed by atoms with E-state index in [0.29, 0.717) is 23.8 Å². The molecule has 0 bridgehead atoms. The van der Waals surface area contributed by atoms with Gasteiger partial charge in [-0.25, -0.2) is 0 Å². The first kappa shape index (κ1) is 14.8. The summed E-state index contributed by atoms with van der Waals surface area (Å²) in [5.41, 5.74) is 0. The van der Waals surface area contributed by atoms with E-state index in [1.165, 1.54) is 19.3 Å². The first-order valence-corrected chi connectivity index (χ1v) is 7.41. The van der Waals surface area contributed by atoms with Crippen LogP contribution in [0.4, 0.5) is 11.9 Å². The van der Waals surface area contributed by atoms with Crippen LogP contribution in [-0.4, -0.2) is 34.6 Å². The van der Waals surface area contributed by atoms with Crippen molar-refractivity contribution >= 4 is 11.9 Å². The number of rotatable bonds is 6. The van der Waals surface area contributed by atoms with Crippen LogP contribution in [0.3, 0.4) is 0 Å². The molecule has 0 aliphatic heterocycles. The van der Waals surface area contributed by atoms with E-state index in [-0.39, 0.29) is 6.10 Å². The molecule has 1 saturated carbocycles. The highest BCUT2D eigenvalue weighted by Crippen LogP contribution is 2.30. The van der Waals surface area contributed by atoms with Gasteiger partial charge in [-0.3, -0.25) is 0 Å². The summed E-state index contributed by atoms with van der Waals surface area (Å²) in [4.78, 5) is 12.8. The first-order valence-electron chi connectivity index (χ1n) is 7.41. The zero-order valence-electron chi connectivity index (χ0n) is 12.8. The van der Waals surface area contributed by atoms with Crippen LogP contribution in [0.2, 0.25) is 0 Å². The molecule has 1 aromatic rings. The molecule has 0 amide bonds. The zero-order valence-corrected chi connectivity index (χ0v) is 12.8. The molecule has 2 N–H and O–H groups in total. The quantitative estimate of drug-likeness (QED) is 0.834. The van der Waals surface area contributed by atoms with E-state index in [0.717, 1.165) is 12.5 Å². The lowest BCUT2D eigenvalue weighted by Gasteiger charge is -2.13. The molecule has 6 nitrogen and oxygen atoms in total. The Kier molecular flexibility index (Phi) is 4.98. The molecule has 2 unspecified atom stereocenters. The lowest BCUT2D eigenvalue weighted by molar-refractivity contribution is 0.222. The molecule has 1 aromatic heterocycles. The van der Waals surface area contributed by atoms with Gasteiger partial charge in [-0.2, -0.15) is 15.0 Å². The molecule has 2 rings (SSSR count). The molecule has 1 heterocycles. The van der Waals surface area contributed by atoms with Gasteiger partial charge in [-0.05, 0) is 38.5 Å². The van der Waals surface area contributed by atoms with Crippen molar-refractivity contribution in [2.24, 2.45) is 11.8 Å². The third-order valence-electron chi connectivity index (χ3n) is 3.53. The van der Waals surface area contributed by atoms with Gasteiger partial charge in [0, 0.05) is 13.6 Å². The molecule has 112 valence electrons. The van der Waals surface area contributed by atoms with Gasteiger partial charge >= 0.3 is 6.01 Å². The minimum Gasteiger partial charge on any atom is -0.461 e. The van der Waals surface area contributed by atoms with Crippen molar-refractivity contribution in [3.63, 3.8) is 0 Å². The first-order chi connectivity index (χ1) is 9.56. The fourth-order valence-corrected chi connectivity index (χ4v) is 2.56. The van der Waals surface area contributed by atoms with Crippen LogP contribution in [0.25, 0.3) is 0 Å². The normalized spacial score (nSPS) is 22.1. The van der Waals surface area contributed by atoms with Gasteiger partial charge in [0.05, 0.1) is 6.10 Å². The van der Waals surface area contributed by atoms with Crippen molar-refractivity contribution in [3.05, 3.63) is 0 Å². The second-order valence-electron chi connectivity index (χ2n) is 5.85. The molecule has 0 radical (unpaired) electrons. The number of nitrogens with one attached hydrogen (secondary N) is 2. The number of aromatic nitrogens is 3. The summed E-state index contributed by atoms with van der Waals surface area (Å²) in [6, 6.07) is 0.363. The fraction of sp³-hybridized carbons (Fsp3) is 0.786. The highest BCUT2D eigenvalue weighted by molar-refractivity contribution is 5.35. The van der Waals surface area contributed by atoms with Crippen LogP contribution in [0.5, 0.6) is 6.01 Å². The number of hydrogen-bond acceptors (Lipinski definition) is 6. The maximum Gasteiger partial charge on any atom is 0.323 e. The Bertz CT molecular complexity index is 438. The van der Waals surface area contributed by atoms with Gasteiger partial charge < -0.3 is 15.4 Å². The minimum absolute atomic E-state index is 0.0469. The van der Waals surface area contributed by atoms with Gasteiger partial charge in [0.1, 0.15) is 0 Å². The third kappa shape index (κ3) is 4.21. The maximum absolute atomic E-state index is 5.54. The summed E-state index contributed by atoms with van der Waals surface area (Å²) < 4.78 is 5.54.